The number of hydrogen-bond acceptors (Lipinski definition) is 5. The molecule has 1 aromatic heterocycles. The van der Waals surface area contributed by atoms with Crippen LogP contribution in [0.5, 0.6) is 0 Å². The molecule has 1 aliphatic heterocycles. The average molecular weight is 272 g/mol. The molecule has 1 saturated heterocycles. The van der Waals surface area contributed by atoms with Crippen LogP contribution < -0.4 is 5.32 Å². The Morgan fingerprint density at radius 1 is 1.50 bits per heavy atom. The third kappa shape index (κ3) is 3.52. The van der Waals surface area contributed by atoms with E-state index in [0.717, 1.165) is 13.1 Å². The maximum Gasteiger partial charge on any atom is 0.157 e. The molecule has 1 aromatic rings. The molecule has 6 nitrogen and oxygen atoms in total. The van der Waals surface area contributed by atoms with Crippen molar-refractivity contribution in [2.24, 2.45) is 11.8 Å². The zero-order valence-electron chi connectivity index (χ0n) is 10.8. The predicted octanol–water partition coefficient (Wildman–Crippen LogP) is 0.0683. The molecule has 1 fully saturated rings. The lowest BCUT2D eigenvalue weighted by molar-refractivity contribution is 0.378. The first kappa shape index (κ1) is 13.5. The Balaban J connectivity index is 2.01. The Hall–Kier alpha value is -0.950. The second kappa shape index (κ2) is 5.36. The number of hydrogen-bond donors (Lipinski definition) is 1. The lowest BCUT2D eigenvalue weighted by Crippen LogP contribution is -2.45. The van der Waals surface area contributed by atoms with Crippen molar-refractivity contribution in [3.05, 3.63) is 12.2 Å². The summed E-state index contributed by atoms with van der Waals surface area (Å²) >= 11 is 0. The van der Waals surface area contributed by atoms with Gasteiger partial charge in [-0.3, -0.25) is 0 Å². The van der Waals surface area contributed by atoms with E-state index in [9.17, 15) is 8.42 Å². The number of sulfone groups is 1. The van der Waals surface area contributed by atoms with Crippen LogP contribution in [-0.2, 0) is 22.1 Å². The van der Waals surface area contributed by atoms with Gasteiger partial charge in [0.2, 0.25) is 0 Å². The van der Waals surface area contributed by atoms with Crippen molar-refractivity contribution in [2.75, 3.05) is 18.8 Å². The lowest BCUT2D eigenvalue weighted by atomic mass is 10.1. The molecular weight excluding hydrogens is 252 g/mol. The highest BCUT2D eigenvalue weighted by Gasteiger charge is 2.25. The van der Waals surface area contributed by atoms with E-state index in [-0.39, 0.29) is 17.4 Å². The fraction of sp³-hybridized carbons (Fsp3) is 0.818. The second-order valence-corrected chi connectivity index (χ2v) is 7.44. The molecule has 7 heteroatoms. The summed E-state index contributed by atoms with van der Waals surface area (Å²) in [5.41, 5.74) is 0. The topological polar surface area (TPSA) is 76.9 Å². The van der Waals surface area contributed by atoms with Crippen LogP contribution >= 0.6 is 0 Å². The van der Waals surface area contributed by atoms with Gasteiger partial charge in [-0.2, -0.15) is 5.10 Å². The molecule has 0 aliphatic carbocycles. The highest BCUT2D eigenvalue weighted by molar-refractivity contribution is 7.90. The van der Waals surface area contributed by atoms with Gasteiger partial charge in [-0.05, 0) is 11.8 Å². The quantitative estimate of drug-likeness (QED) is 0.793. The van der Waals surface area contributed by atoms with Crippen LogP contribution in [0.3, 0.4) is 0 Å². The SMILES string of the molecule is CC(C)Cn1ncnc1CS(=O)(=O)CC1CNC1. The Labute approximate surface area is 108 Å². The van der Waals surface area contributed by atoms with Crippen molar-refractivity contribution in [3.63, 3.8) is 0 Å². The van der Waals surface area contributed by atoms with E-state index in [4.69, 9.17) is 0 Å². The summed E-state index contributed by atoms with van der Waals surface area (Å²) in [6.07, 6.45) is 1.43. The third-order valence-corrected chi connectivity index (χ3v) is 4.62. The summed E-state index contributed by atoms with van der Waals surface area (Å²) in [5.74, 6) is 1.47. The number of rotatable bonds is 6. The molecule has 0 radical (unpaired) electrons. The molecule has 0 atom stereocenters. The molecule has 1 N–H and O–H groups in total. The molecule has 0 aromatic carbocycles. The van der Waals surface area contributed by atoms with Crippen molar-refractivity contribution in [1.29, 1.82) is 0 Å². The smallest absolute Gasteiger partial charge is 0.157 e. The van der Waals surface area contributed by atoms with Gasteiger partial charge < -0.3 is 5.32 Å². The minimum atomic E-state index is -3.09. The molecule has 2 heterocycles. The second-order valence-electron chi connectivity index (χ2n) is 5.33. The molecule has 102 valence electrons. The Morgan fingerprint density at radius 3 is 2.78 bits per heavy atom. The maximum absolute atomic E-state index is 12.0. The van der Waals surface area contributed by atoms with Crippen molar-refractivity contribution in [1.82, 2.24) is 20.1 Å². The summed E-state index contributed by atoms with van der Waals surface area (Å²) in [4.78, 5) is 4.06. The first-order chi connectivity index (χ1) is 8.46. The van der Waals surface area contributed by atoms with Crippen LogP contribution in [0.2, 0.25) is 0 Å². The van der Waals surface area contributed by atoms with E-state index in [1.165, 1.54) is 6.33 Å². The average Bonchev–Trinajstić information content (AvgIpc) is 2.58. The van der Waals surface area contributed by atoms with Gasteiger partial charge in [-0.1, -0.05) is 13.8 Å². The van der Waals surface area contributed by atoms with Gasteiger partial charge in [0.15, 0.2) is 9.84 Å². The van der Waals surface area contributed by atoms with E-state index in [0.29, 0.717) is 18.3 Å². The molecular formula is C11H20N4O2S. The van der Waals surface area contributed by atoms with E-state index < -0.39 is 9.84 Å². The summed E-state index contributed by atoms with van der Waals surface area (Å²) in [6.45, 7) is 6.45. The fourth-order valence-corrected chi connectivity index (χ4v) is 3.67. The van der Waals surface area contributed by atoms with Crippen LogP contribution in [-0.4, -0.2) is 42.0 Å². The van der Waals surface area contributed by atoms with E-state index in [1.54, 1.807) is 4.68 Å². The molecule has 2 rings (SSSR count). The Morgan fingerprint density at radius 2 is 2.22 bits per heavy atom. The first-order valence-electron chi connectivity index (χ1n) is 6.24. The summed E-state index contributed by atoms with van der Waals surface area (Å²) in [6, 6.07) is 0. The third-order valence-electron chi connectivity index (χ3n) is 2.94. The first-order valence-corrected chi connectivity index (χ1v) is 8.06. The van der Waals surface area contributed by atoms with Gasteiger partial charge >= 0.3 is 0 Å². The van der Waals surface area contributed by atoms with E-state index in [2.05, 4.69) is 29.2 Å². The van der Waals surface area contributed by atoms with E-state index >= 15 is 0 Å². The summed E-state index contributed by atoms with van der Waals surface area (Å²) < 4.78 is 25.8. The van der Waals surface area contributed by atoms with Crippen LogP contribution in [0.4, 0.5) is 0 Å². The Kier molecular flexibility index (Phi) is 4.01. The normalized spacial score (nSPS) is 17.1. The largest absolute Gasteiger partial charge is 0.316 e. The van der Waals surface area contributed by atoms with Crippen LogP contribution in [0.15, 0.2) is 6.33 Å². The number of nitrogens with one attached hydrogen (secondary N) is 1. The van der Waals surface area contributed by atoms with Crippen molar-refractivity contribution in [3.8, 4) is 0 Å². The minimum absolute atomic E-state index is 0.00375. The van der Waals surface area contributed by atoms with E-state index in [1.807, 2.05) is 0 Å². The van der Waals surface area contributed by atoms with Crippen molar-refractivity contribution >= 4 is 9.84 Å². The fourth-order valence-electron chi connectivity index (χ4n) is 1.98. The molecule has 0 bridgehead atoms. The molecule has 0 unspecified atom stereocenters. The number of aromatic nitrogens is 3. The molecule has 0 saturated carbocycles. The van der Waals surface area contributed by atoms with Gasteiger partial charge in [0.25, 0.3) is 0 Å². The molecule has 0 spiro atoms. The molecule has 0 amide bonds. The van der Waals surface area contributed by atoms with Gasteiger partial charge in [-0.15, -0.1) is 0 Å². The van der Waals surface area contributed by atoms with Gasteiger partial charge in [0.1, 0.15) is 17.9 Å². The highest BCUT2D eigenvalue weighted by Crippen LogP contribution is 2.12. The maximum atomic E-state index is 12.0. The highest BCUT2D eigenvalue weighted by atomic mass is 32.2. The van der Waals surface area contributed by atoms with Gasteiger partial charge in [0.05, 0.1) is 5.75 Å². The summed E-state index contributed by atoms with van der Waals surface area (Å²) in [7, 11) is -3.09. The standard InChI is InChI=1S/C11H20N4O2S/c1-9(2)5-15-11(13-8-14-15)7-18(16,17)6-10-3-12-4-10/h8-10,12H,3-7H2,1-2H3. The van der Waals surface area contributed by atoms with Crippen molar-refractivity contribution in [2.45, 2.75) is 26.1 Å². The van der Waals surface area contributed by atoms with Crippen molar-refractivity contribution < 1.29 is 8.42 Å². The predicted molar refractivity (Wildman–Crippen MR) is 68.7 cm³/mol. The lowest BCUT2D eigenvalue weighted by Gasteiger charge is -2.26. The zero-order valence-corrected chi connectivity index (χ0v) is 11.7. The van der Waals surface area contributed by atoms with Gasteiger partial charge in [0, 0.05) is 19.6 Å². The zero-order chi connectivity index (χ0) is 13.2. The molecule has 18 heavy (non-hydrogen) atoms. The van der Waals surface area contributed by atoms with Crippen LogP contribution in [0, 0.1) is 11.8 Å². The van der Waals surface area contributed by atoms with Gasteiger partial charge in [-0.25, -0.2) is 18.1 Å². The Bertz CT molecular complexity index is 491. The van der Waals surface area contributed by atoms with Crippen LogP contribution in [0.25, 0.3) is 0 Å². The monoisotopic (exact) mass is 272 g/mol. The minimum Gasteiger partial charge on any atom is -0.316 e. The van der Waals surface area contributed by atoms with Crippen LogP contribution in [0.1, 0.15) is 19.7 Å². The number of nitrogens with zero attached hydrogens (tertiary/aromatic N) is 3. The summed E-state index contributed by atoms with van der Waals surface area (Å²) in [5, 5.41) is 7.17. The molecule has 1 aliphatic rings.